The molecule has 4 nitrogen and oxygen atoms in total. The van der Waals surface area contributed by atoms with Crippen LogP contribution in [0.4, 0.5) is 0 Å². The highest BCUT2D eigenvalue weighted by Crippen LogP contribution is 2.28. The molecule has 114 valence electrons. The van der Waals surface area contributed by atoms with Crippen LogP contribution >= 0.6 is 0 Å². The molecular formula is C16H28N2O2. The van der Waals surface area contributed by atoms with Crippen molar-refractivity contribution in [3.8, 4) is 0 Å². The lowest BCUT2D eigenvalue weighted by Gasteiger charge is -2.48. The molecule has 0 aromatic rings. The van der Waals surface area contributed by atoms with Crippen molar-refractivity contribution in [1.82, 2.24) is 9.80 Å². The average molecular weight is 280 g/mol. The second-order valence-electron chi connectivity index (χ2n) is 6.78. The maximum atomic E-state index is 12.7. The van der Waals surface area contributed by atoms with Gasteiger partial charge >= 0.3 is 0 Å². The van der Waals surface area contributed by atoms with E-state index < -0.39 is 0 Å². The van der Waals surface area contributed by atoms with Gasteiger partial charge in [-0.25, -0.2) is 0 Å². The molecule has 4 heteroatoms. The van der Waals surface area contributed by atoms with E-state index in [4.69, 9.17) is 0 Å². The zero-order chi connectivity index (χ0) is 14.9. The summed E-state index contributed by atoms with van der Waals surface area (Å²) in [7, 11) is 0. The summed E-state index contributed by atoms with van der Waals surface area (Å²) in [5.41, 5.74) is 0. The Morgan fingerprint density at radius 2 is 1.80 bits per heavy atom. The van der Waals surface area contributed by atoms with Gasteiger partial charge in [0.1, 0.15) is 12.1 Å². The van der Waals surface area contributed by atoms with Gasteiger partial charge in [0.25, 0.3) is 0 Å². The lowest BCUT2D eigenvalue weighted by Crippen LogP contribution is -2.66. The van der Waals surface area contributed by atoms with E-state index in [0.717, 1.165) is 38.6 Å². The molecule has 2 aliphatic rings. The second-order valence-corrected chi connectivity index (χ2v) is 6.78. The van der Waals surface area contributed by atoms with Crippen molar-refractivity contribution in [3.63, 3.8) is 0 Å². The second kappa shape index (κ2) is 6.15. The summed E-state index contributed by atoms with van der Waals surface area (Å²) >= 11 is 0. The number of hydrogen-bond donors (Lipinski definition) is 0. The zero-order valence-corrected chi connectivity index (χ0v) is 13.3. The summed E-state index contributed by atoms with van der Waals surface area (Å²) < 4.78 is 0. The van der Waals surface area contributed by atoms with E-state index in [1.165, 1.54) is 0 Å². The van der Waals surface area contributed by atoms with E-state index in [0.29, 0.717) is 5.92 Å². The summed E-state index contributed by atoms with van der Waals surface area (Å²) in [6.07, 6.45) is 5.01. The van der Waals surface area contributed by atoms with Crippen LogP contribution in [0.2, 0.25) is 0 Å². The Kier molecular flexibility index (Phi) is 4.71. The van der Waals surface area contributed by atoms with E-state index in [2.05, 4.69) is 20.8 Å². The molecule has 0 radical (unpaired) electrons. The number of rotatable bonds is 4. The van der Waals surface area contributed by atoms with Gasteiger partial charge in [0.15, 0.2) is 0 Å². The maximum Gasteiger partial charge on any atom is 0.246 e. The van der Waals surface area contributed by atoms with Crippen LogP contribution in [0, 0.1) is 5.92 Å². The summed E-state index contributed by atoms with van der Waals surface area (Å²) in [5, 5.41) is 0. The summed E-state index contributed by atoms with van der Waals surface area (Å²) in [6, 6.07) is -0.319. The van der Waals surface area contributed by atoms with Gasteiger partial charge in [0, 0.05) is 12.6 Å². The number of hydrogen-bond acceptors (Lipinski definition) is 2. The Morgan fingerprint density at radius 3 is 2.45 bits per heavy atom. The number of carbonyl (C=O) groups excluding carboxylic acids is 2. The van der Waals surface area contributed by atoms with Crippen LogP contribution in [0.5, 0.6) is 0 Å². The van der Waals surface area contributed by atoms with Crippen molar-refractivity contribution < 1.29 is 9.59 Å². The molecule has 2 aliphatic heterocycles. The monoisotopic (exact) mass is 280 g/mol. The molecule has 2 amide bonds. The first-order valence-corrected chi connectivity index (χ1v) is 8.06. The van der Waals surface area contributed by atoms with Crippen molar-refractivity contribution in [2.75, 3.05) is 6.54 Å². The number of piperidine rings is 1. The van der Waals surface area contributed by atoms with E-state index in [1.807, 2.05) is 16.7 Å². The van der Waals surface area contributed by atoms with Crippen LogP contribution in [0.3, 0.4) is 0 Å². The predicted molar refractivity (Wildman–Crippen MR) is 79.2 cm³/mol. The molecule has 2 saturated heterocycles. The Balaban J connectivity index is 2.11. The fraction of sp³-hybridized carbons (Fsp3) is 0.875. The lowest BCUT2D eigenvalue weighted by molar-refractivity contribution is -0.165. The van der Waals surface area contributed by atoms with Gasteiger partial charge in [-0.1, -0.05) is 13.8 Å². The smallest absolute Gasteiger partial charge is 0.246 e. The normalized spacial score (nSPS) is 28.9. The van der Waals surface area contributed by atoms with Crippen LogP contribution in [-0.2, 0) is 9.59 Å². The first kappa shape index (κ1) is 15.3. The molecule has 0 aromatic heterocycles. The number of nitrogens with zero attached hydrogens (tertiary/aromatic N) is 2. The molecule has 2 heterocycles. The Hall–Kier alpha value is -1.06. The maximum absolute atomic E-state index is 12.7. The van der Waals surface area contributed by atoms with E-state index in [-0.39, 0.29) is 29.9 Å². The van der Waals surface area contributed by atoms with E-state index in [1.54, 1.807) is 0 Å². The van der Waals surface area contributed by atoms with Crippen LogP contribution in [0.1, 0.15) is 59.8 Å². The summed E-state index contributed by atoms with van der Waals surface area (Å²) in [4.78, 5) is 28.9. The third-order valence-electron chi connectivity index (χ3n) is 4.74. The number of fused-ring (bicyclic) bond motifs is 1. The predicted octanol–water partition coefficient (Wildman–Crippen LogP) is 2.42. The first-order chi connectivity index (χ1) is 9.43. The molecule has 0 spiro atoms. The van der Waals surface area contributed by atoms with E-state index in [9.17, 15) is 9.59 Å². The van der Waals surface area contributed by atoms with Crippen molar-refractivity contribution in [1.29, 1.82) is 0 Å². The van der Waals surface area contributed by atoms with Crippen molar-refractivity contribution in [2.45, 2.75) is 77.9 Å². The summed E-state index contributed by atoms with van der Waals surface area (Å²) in [5.74, 6) is 0.952. The Labute approximate surface area is 122 Å². The molecule has 2 fully saturated rings. The number of piperazine rings is 1. The van der Waals surface area contributed by atoms with Crippen LogP contribution in [0.25, 0.3) is 0 Å². The van der Waals surface area contributed by atoms with Gasteiger partial charge in [0.05, 0.1) is 0 Å². The average Bonchev–Trinajstić information content (AvgIpc) is 2.43. The Bertz CT molecular complexity index is 381. The molecule has 3 atom stereocenters. The zero-order valence-electron chi connectivity index (χ0n) is 13.3. The minimum absolute atomic E-state index is 0.144. The van der Waals surface area contributed by atoms with E-state index >= 15 is 0 Å². The third kappa shape index (κ3) is 2.84. The molecule has 0 saturated carbocycles. The highest BCUT2D eigenvalue weighted by molar-refractivity contribution is 5.97. The quantitative estimate of drug-likeness (QED) is 0.793. The molecule has 0 aliphatic carbocycles. The lowest BCUT2D eigenvalue weighted by atomic mass is 9.93. The SMILES string of the molecule is CC(C)CCC(C)N1C(=O)C2CCCCN2C(=O)C1C. The highest BCUT2D eigenvalue weighted by Gasteiger charge is 2.45. The minimum Gasteiger partial charge on any atom is -0.329 e. The van der Waals surface area contributed by atoms with Gasteiger partial charge in [0.2, 0.25) is 11.8 Å². The molecular weight excluding hydrogens is 252 g/mol. The molecule has 20 heavy (non-hydrogen) atoms. The topological polar surface area (TPSA) is 40.6 Å². The Morgan fingerprint density at radius 1 is 1.10 bits per heavy atom. The van der Waals surface area contributed by atoms with Crippen molar-refractivity contribution >= 4 is 11.8 Å². The van der Waals surface area contributed by atoms with Gasteiger partial charge < -0.3 is 9.80 Å². The minimum atomic E-state index is -0.293. The number of carbonyl (C=O) groups is 2. The van der Waals surface area contributed by atoms with Gasteiger partial charge in [-0.15, -0.1) is 0 Å². The molecule has 2 rings (SSSR count). The fourth-order valence-electron chi connectivity index (χ4n) is 3.49. The van der Waals surface area contributed by atoms with Gasteiger partial charge in [-0.2, -0.15) is 0 Å². The molecule has 0 N–H and O–H groups in total. The van der Waals surface area contributed by atoms with Crippen LogP contribution < -0.4 is 0 Å². The van der Waals surface area contributed by atoms with Crippen LogP contribution in [0.15, 0.2) is 0 Å². The van der Waals surface area contributed by atoms with Crippen LogP contribution in [-0.4, -0.2) is 46.3 Å². The van der Waals surface area contributed by atoms with Crippen molar-refractivity contribution in [2.24, 2.45) is 5.92 Å². The molecule has 0 aromatic carbocycles. The standard InChI is InChI=1S/C16H28N2O2/c1-11(2)8-9-12(3)18-13(4)15(19)17-10-6-5-7-14(17)16(18)20/h11-14H,5-10H2,1-4H3. The third-order valence-corrected chi connectivity index (χ3v) is 4.74. The highest BCUT2D eigenvalue weighted by atomic mass is 16.2. The van der Waals surface area contributed by atoms with Gasteiger partial charge in [-0.05, 0) is 51.9 Å². The molecule has 0 bridgehead atoms. The van der Waals surface area contributed by atoms with Crippen molar-refractivity contribution in [3.05, 3.63) is 0 Å². The first-order valence-electron chi connectivity index (χ1n) is 8.06. The largest absolute Gasteiger partial charge is 0.329 e. The van der Waals surface area contributed by atoms with Gasteiger partial charge in [-0.3, -0.25) is 9.59 Å². The fourth-order valence-corrected chi connectivity index (χ4v) is 3.49. The summed E-state index contributed by atoms with van der Waals surface area (Å²) in [6.45, 7) is 9.12. The number of amides is 2. The molecule has 3 unspecified atom stereocenters.